The summed E-state index contributed by atoms with van der Waals surface area (Å²) >= 11 is 0. The Morgan fingerprint density at radius 1 is 1.17 bits per heavy atom. The molecule has 0 radical (unpaired) electrons. The lowest BCUT2D eigenvalue weighted by Gasteiger charge is -2.28. The molecule has 0 spiro atoms. The van der Waals surface area contributed by atoms with E-state index in [-0.39, 0.29) is 11.9 Å². The molecular weight excluding hydrogens is 302 g/mol. The van der Waals surface area contributed by atoms with Crippen LogP contribution in [0.5, 0.6) is 0 Å². The summed E-state index contributed by atoms with van der Waals surface area (Å²) in [6.45, 7) is 8.50. The third kappa shape index (κ3) is 2.81. The minimum atomic E-state index is -0.914. The highest BCUT2D eigenvalue weighted by Gasteiger charge is 2.51. The van der Waals surface area contributed by atoms with Crippen molar-refractivity contribution in [3.63, 3.8) is 0 Å². The SMILES string of the molecule is CCC1(c2ccc(C)c(C)c2)NC(=O)N(CC2CCNCC2)C1=O. The molecule has 2 fully saturated rings. The molecule has 0 bridgehead atoms. The van der Waals surface area contributed by atoms with Crippen molar-refractivity contribution in [1.29, 1.82) is 0 Å². The third-order valence-corrected chi connectivity index (χ3v) is 5.61. The van der Waals surface area contributed by atoms with Gasteiger partial charge in [0.2, 0.25) is 0 Å². The topological polar surface area (TPSA) is 61.4 Å². The normalized spacial score (nSPS) is 25.2. The molecule has 1 aromatic rings. The van der Waals surface area contributed by atoms with Crippen molar-refractivity contribution in [2.45, 2.75) is 45.6 Å². The number of carbonyl (C=O) groups is 2. The van der Waals surface area contributed by atoms with E-state index in [4.69, 9.17) is 0 Å². The first-order valence-electron chi connectivity index (χ1n) is 8.90. The molecule has 2 aliphatic rings. The average Bonchev–Trinajstić information content (AvgIpc) is 2.83. The first kappa shape index (κ1) is 17.0. The number of rotatable bonds is 4. The van der Waals surface area contributed by atoms with Crippen LogP contribution in [0.15, 0.2) is 18.2 Å². The van der Waals surface area contributed by atoms with E-state index in [1.54, 1.807) is 0 Å². The highest BCUT2D eigenvalue weighted by Crippen LogP contribution is 2.34. The summed E-state index contributed by atoms with van der Waals surface area (Å²) in [7, 11) is 0. The smallest absolute Gasteiger partial charge is 0.319 e. The third-order valence-electron chi connectivity index (χ3n) is 5.61. The fraction of sp³-hybridized carbons (Fsp3) is 0.579. The van der Waals surface area contributed by atoms with E-state index < -0.39 is 5.54 Å². The van der Waals surface area contributed by atoms with Crippen LogP contribution in [0.1, 0.15) is 42.9 Å². The molecule has 0 aromatic heterocycles. The molecule has 130 valence electrons. The van der Waals surface area contributed by atoms with Crippen LogP contribution in [0.25, 0.3) is 0 Å². The maximum atomic E-state index is 13.2. The molecule has 5 heteroatoms. The number of nitrogens with zero attached hydrogens (tertiary/aromatic N) is 1. The summed E-state index contributed by atoms with van der Waals surface area (Å²) in [6, 6.07) is 5.78. The van der Waals surface area contributed by atoms with Gasteiger partial charge in [0.05, 0.1) is 0 Å². The van der Waals surface area contributed by atoms with Crippen LogP contribution in [0, 0.1) is 19.8 Å². The fourth-order valence-corrected chi connectivity index (χ4v) is 3.76. The molecule has 24 heavy (non-hydrogen) atoms. The van der Waals surface area contributed by atoms with Crippen molar-refractivity contribution in [1.82, 2.24) is 15.5 Å². The van der Waals surface area contributed by atoms with E-state index in [2.05, 4.69) is 17.6 Å². The minimum absolute atomic E-state index is 0.100. The predicted octanol–water partition coefficient (Wildman–Crippen LogP) is 2.46. The molecule has 2 aliphatic heterocycles. The molecule has 5 nitrogen and oxygen atoms in total. The van der Waals surface area contributed by atoms with E-state index >= 15 is 0 Å². The zero-order valence-corrected chi connectivity index (χ0v) is 14.8. The van der Waals surface area contributed by atoms with Crippen molar-refractivity contribution in [3.05, 3.63) is 34.9 Å². The Labute approximate surface area is 143 Å². The maximum absolute atomic E-state index is 13.2. The van der Waals surface area contributed by atoms with Crippen LogP contribution < -0.4 is 10.6 Å². The Balaban J connectivity index is 1.87. The average molecular weight is 329 g/mol. The van der Waals surface area contributed by atoms with Gasteiger partial charge < -0.3 is 10.6 Å². The van der Waals surface area contributed by atoms with Crippen molar-refractivity contribution < 1.29 is 9.59 Å². The first-order chi connectivity index (χ1) is 11.5. The van der Waals surface area contributed by atoms with E-state index in [1.807, 2.05) is 32.0 Å². The highest BCUT2D eigenvalue weighted by atomic mass is 16.2. The second-order valence-corrected chi connectivity index (χ2v) is 7.10. The summed E-state index contributed by atoms with van der Waals surface area (Å²) in [5, 5.41) is 6.31. The number of piperidine rings is 1. The molecule has 1 atom stereocenters. The van der Waals surface area contributed by atoms with Gasteiger partial charge in [0.15, 0.2) is 0 Å². The van der Waals surface area contributed by atoms with Gasteiger partial charge in [0.25, 0.3) is 5.91 Å². The molecule has 1 unspecified atom stereocenters. The van der Waals surface area contributed by atoms with Gasteiger partial charge in [0.1, 0.15) is 5.54 Å². The Bertz CT molecular complexity index is 652. The lowest BCUT2D eigenvalue weighted by molar-refractivity contribution is -0.132. The largest absolute Gasteiger partial charge is 0.325 e. The number of hydrogen-bond donors (Lipinski definition) is 2. The number of urea groups is 1. The molecule has 1 aromatic carbocycles. The zero-order valence-electron chi connectivity index (χ0n) is 14.8. The van der Waals surface area contributed by atoms with Gasteiger partial charge in [-0.25, -0.2) is 4.79 Å². The standard InChI is InChI=1S/C19H27N3O2/c1-4-19(16-6-5-13(2)14(3)11-16)17(23)22(18(24)21-19)12-15-7-9-20-10-8-15/h5-6,11,15,20H,4,7-10,12H2,1-3H3,(H,21,24). The Hall–Kier alpha value is -1.88. The van der Waals surface area contributed by atoms with Crippen LogP contribution in [-0.2, 0) is 10.3 Å². The number of amides is 3. The Kier molecular flexibility index (Phi) is 4.63. The van der Waals surface area contributed by atoms with Gasteiger partial charge in [-0.2, -0.15) is 0 Å². The van der Waals surface area contributed by atoms with Gasteiger partial charge in [-0.15, -0.1) is 0 Å². The summed E-state index contributed by atoms with van der Waals surface area (Å²) in [5.41, 5.74) is 2.30. The lowest BCUT2D eigenvalue weighted by atomic mass is 9.85. The van der Waals surface area contributed by atoms with E-state index in [9.17, 15) is 9.59 Å². The van der Waals surface area contributed by atoms with Crippen molar-refractivity contribution >= 4 is 11.9 Å². The van der Waals surface area contributed by atoms with Crippen LogP contribution in [0.4, 0.5) is 4.79 Å². The fourth-order valence-electron chi connectivity index (χ4n) is 3.76. The van der Waals surface area contributed by atoms with E-state index in [0.717, 1.165) is 37.1 Å². The van der Waals surface area contributed by atoms with Crippen molar-refractivity contribution in [2.24, 2.45) is 5.92 Å². The van der Waals surface area contributed by atoms with Crippen molar-refractivity contribution in [2.75, 3.05) is 19.6 Å². The summed E-state index contributed by atoms with van der Waals surface area (Å²) in [4.78, 5) is 27.1. The van der Waals surface area contributed by atoms with Gasteiger partial charge in [-0.05, 0) is 68.8 Å². The summed E-state index contributed by atoms with van der Waals surface area (Å²) < 4.78 is 0. The molecule has 2 saturated heterocycles. The Morgan fingerprint density at radius 3 is 2.50 bits per heavy atom. The molecular formula is C19H27N3O2. The van der Waals surface area contributed by atoms with Crippen LogP contribution >= 0.6 is 0 Å². The van der Waals surface area contributed by atoms with E-state index in [1.165, 1.54) is 10.5 Å². The molecule has 0 aliphatic carbocycles. The molecule has 3 amide bonds. The number of imide groups is 1. The summed E-state index contributed by atoms with van der Waals surface area (Å²) in [5.74, 6) is 0.296. The monoisotopic (exact) mass is 329 g/mol. The van der Waals surface area contributed by atoms with Gasteiger partial charge in [0, 0.05) is 6.54 Å². The van der Waals surface area contributed by atoms with Gasteiger partial charge >= 0.3 is 6.03 Å². The number of hydrogen-bond acceptors (Lipinski definition) is 3. The van der Waals surface area contributed by atoms with Gasteiger partial charge in [-0.1, -0.05) is 25.1 Å². The maximum Gasteiger partial charge on any atom is 0.325 e. The number of nitrogens with one attached hydrogen (secondary N) is 2. The first-order valence-corrected chi connectivity index (χ1v) is 8.90. The second-order valence-electron chi connectivity index (χ2n) is 7.10. The van der Waals surface area contributed by atoms with Crippen LogP contribution in [-0.4, -0.2) is 36.5 Å². The second kappa shape index (κ2) is 6.55. The highest BCUT2D eigenvalue weighted by molar-refractivity contribution is 6.07. The predicted molar refractivity (Wildman–Crippen MR) is 93.7 cm³/mol. The van der Waals surface area contributed by atoms with Crippen LogP contribution in [0.2, 0.25) is 0 Å². The quantitative estimate of drug-likeness (QED) is 0.834. The van der Waals surface area contributed by atoms with Crippen LogP contribution in [0.3, 0.4) is 0 Å². The zero-order chi connectivity index (χ0) is 17.3. The number of aryl methyl sites for hydroxylation is 2. The van der Waals surface area contributed by atoms with E-state index in [0.29, 0.717) is 18.9 Å². The number of carbonyl (C=O) groups excluding carboxylic acids is 2. The lowest BCUT2D eigenvalue weighted by Crippen LogP contribution is -2.44. The molecule has 0 saturated carbocycles. The Morgan fingerprint density at radius 2 is 1.88 bits per heavy atom. The van der Waals surface area contributed by atoms with Crippen molar-refractivity contribution in [3.8, 4) is 0 Å². The molecule has 3 rings (SSSR count). The van der Waals surface area contributed by atoms with Gasteiger partial charge in [-0.3, -0.25) is 9.69 Å². The summed E-state index contributed by atoms with van der Waals surface area (Å²) in [6.07, 6.45) is 2.59. The molecule has 2 heterocycles. The minimum Gasteiger partial charge on any atom is -0.319 e. The number of benzene rings is 1. The molecule has 2 N–H and O–H groups in total.